The number of allylic oxidation sites excluding steroid dienone is 1. The second kappa shape index (κ2) is 4.66. The van der Waals surface area contributed by atoms with Crippen LogP contribution in [0.15, 0.2) is 30.6 Å². The quantitative estimate of drug-likeness (QED) is 0.383. The summed E-state index contributed by atoms with van der Waals surface area (Å²) in [6.07, 6.45) is 5.71. The number of hydrogen-bond donors (Lipinski definition) is 1. The monoisotopic (exact) mass is 246 g/mol. The number of aromatic nitrogens is 3. The van der Waals surface area contributed by atoms with Crippen molar-refractivity contribution in [3.8, 4) is 0 Å². The third-order valence-electron chi connectivity index (χ3n) is 2.28. The zero-order valence-corrected chi connectivity index (χ0v) is 9.53. The van der Waals surface area contributed by atoms with Crippen molar-refractivity contribution in [3.05, 3.63) is 52.1 Å². The Morgan fingerprint density at radius 2 is 2.39 bits per heavy atom. The number of carbonyl (C=O) groups is 1. The highest BCUT2D eigenvalue weighted by Gasteiger charge is 2.22. The number of hydrogen-bond acceptors (Lipinski definition) is 4. The average Bonchev–Trinajstić information content (AvgIpc) is 2.94. The van der Waals surface area contributed by atoms with Gasteiger partial charge in [0.25, 0.3) is 0 Å². The first-order valence-corrected chi connectivity index (χ1v) is 5.12. The summed E-state index contributed by atoms with van der Waals surface area (Å²) in [6.45, 7) is 0. The van der Waals surface area contributed by atoms with Gasteiger partial charge in [-0.1, -0.05) is 0 Å². The normalized spacial score (nSPS) is 10.9. The second-order valence-electron chi connectivity index (χ2n) is 3.62. The SMILES string of the molecule is Cn1cc([N+](=O)[O-])c(C(=O)/C=C/c2ccc[nH]2)n1. The van der Waals surface area contributed by atoms with Gasteiger partial charge in [-0.25, -0.2) is 0 Å². The van der Waals surface area contributed by atoms with Gasteiger partial charge in [-0.05, 0) is 24.3 Å². The number of nitrogens with zero attached hydrogens (tertiary/aromatic N) is 3. The van der Waals surface area contributed by atoms with Gasteiger partial charge in [-0.15, -0.1) is 0 Å². The molecule has 0 aromatic carbocycles. The molecule has 1 N–H and O–H groups in total. The lowest BCUT2D eigenvalue weighted by Crippen LogP contribution is -2.01. The summed E-state index contributed by atoms with van der Waals surface area (Å²) < 4.78 is 1.24. The maximum Gasteiger partial charge on any atom is 0.318 e. The first-order valence-electron chi connectivity index (χ1n) is 5.12. The van der Waals surface area contributed by atoms with Crippen molar-refractivity contribution in [2.45, 2.75) is 0 Å². The van der Waals surface area contributed by atoms with E-state index >= 15 is 0 Å². The van der Waals surface area contributed by atoms with Crippen molar-refractivity contribution in [2.75, 3.05) is 0 Å². The van der Waals surface area contributed by atoms with Gasteiger partial charge >= 0.3 is 5.69 Å². The smallest absolute Gasteiger partial charge is 0.318 e. The van der Waals surface area contributed by atoms with E-state index in [1.165, 1.54) is 24.0 Å². The van der Waals surface area contributed by atoms with Crippen molar-refractivity contribution >= 4 is 17.5 Å². The molecular formula is C11H10N4O3. The van der Waals surface area contributed by atoms with Gasteiger partial charge < -0.3 is 4.98 Å². The van der Waals surface area contributed by atoms with Crippen LogP contribution in [0.3, 0.4) is 0 Å². The molecule has 0 aliphatic heterocycles. The minimum absolute atomic E-state index is 0.162. The van der Waals surface area contributed by atoms with Crippen molar-refractivity contribution < 1.29 is 9.72 Å². The molecule has 2 aromatic rings. The number of aryl methyl sites for hydroxylation is 1. The number of rotatable bonds is 4. The van der Waals surface area contributed by atoms with E-state index in [-0.39, 0.29) is 11.4 Å². The van der Waals surface area contributed by atoms with Gasteiger partial charge in [0, 0.05) is 18.9 Å². The second-order valence-corrected chi connectivity index (χ2v) is 3.62. The molecule has 2 aromatic heterocycles. The van der Waals surface area contributed by atoms with E-state index in [9.17, 15) is 14.9 Å². The fourth-order valence-corrected chi connectivity index (χ4v) is 1.48. The van der Waals surface area contributed by atoms with Crippen LogP contribution in [0.4, 0.5) is 5.69 Å². The van der Waals surface area contributed by atoms with Gasteiger partial charge in [0.05, 0.1) is 4.92 Å². The molecule has 0 bridgehead atoms. The molecular weight excluding hydrogens is 236 g/mol. The fourth-order valence-electron chi connectivity index (χ4n) is 1.48. The highest BCUT2D eigenvalue weighted by molar-refractivity contribution is 6.07. The summed E-state index contributed by atoms with van der Waals surface area (Å²) in [4.78, 5) is 24.8. The Morgan fingerprint density at radius 3 is 3.00 bits per heavy atom. The lowest BCUT2D eigenvalue weighted by Gasteiger charge is -1.89. The zero-order chi connectivity index (χ0) is 13.1. The summed E-state index contributed by atoms with van der Waals surface area (Å²) in [5, 5.41) is 14.5. The average molecular weight is 246 g/mol. The van der Waals surface area contributed by atoms with Crippen LogP contribution in [0.1, 0.15) is 16.2 Å². The Balaban J connectivity index is 2.26. The van der Waals surface area contributed by atoms with E-state index in [1.54, 1.807) is 24.4 Å². The Hall–Kier alpha value is -2.70. The molecule has 0 fully saturated rings. The molecule has 0 saturated carbocycles. The predicted molar refractivity (Wildman–Crippen MR) is 64.0 cm³/mol. The molecule has 18 heavy (non-hydrogen) atoms. The molecule has 0 spiro atoms. The molecule has 0 atom stereocenters. The highest BCUT2D eigenvalue weighted by atomic mass is 16.6. The number of carbonyl (C=O) groups excluding carboxylic acids is 1. The van der Waals surface area contributed by atoms with Crippen LogP contribution in [0.2, 0.25) is 0 Å². The van der Waals surface area contributed by atoms with Gasteiger partial charge in [0.2, 0.25) is 11.5 Å². The van der Waals surface area contributed by atoms with Gasteiger partial charge in [0.1, 0.15) is 6.20 Å². The molecule has 0 aliphatic rings. The molecule has 0 amide bonds. The Labute approximate surface area is 102 Å². The summed E-state index contributed by atoms with van der Waals surface area (Å²) >= 11 is 0. The van der Waals surface area contributed by atoms with Crippen LogP contribution < -0.4 is 0 Å². The van der Waals surface area contributed by atoms with E-state index in [0.29, 0.717) is 0 Å². The van der Waals surface area contributed by atoms with Crippen molar-refractivity contribution in [2.24, 2.45) is 7.05 Å². The number of H-pyrrole nitrogens is 1. The van der Waals surface area contributed by atoms with Crippen molar-refractivity contribution in [1.29, 1.82) is 0 Å². The Bertz CT molecular complexity index is 610. The fraction of sp³-hybridized carbons (Fsp3) is 0.0909. The summed E-state index contributed by atoms with van der Waals surface area (Å²) in [6, 6.07) is 3.56. The van der Waals surface area contributed by atoms with Crippen LogP contribution in [0.25, 0.3) is 6.08 Å². The number of aromatic amines is 1. The Kier molecular flexibility index (Phi) is 3.05. The molecule has 7 nitrogen and oxygen atoms in total. The topological polar surface area (TPSA) is 93.8 Å². The summed E-state index contributed by atoms with van der Waals surface area (Å²) in [5.74, 6) is -0.503. The van der Waals surface area contributed by atoms with E-state index < -0.39 is 10.7 Å². The van der Waals surface area contributed by atoms with E-state index in [0.717, 1.165) is 5.69 Å². The minimum Gasteiger partial charge on any atom is -0.362 e. The number of ketones is 1. The molecule has 0 aliphatic carbocycles. The largest absolute Gasteiger partial charge is 0.362 e. The van der Waals surface area contributed by atoms with E-state index in [2.05, 4.69) is 10.1 Å². The highest BCUT2D eigenvalue weighted by Crippen LogP contribution is 2.17. The molecule has 0 unspecified atom stereocenters. The maximum absolute atomic E-state index is 11.8. The zero-order valence-electron chi connectivity index (χ0n) is 9.53. The lowest BCUT2D eigenvalue weighted by molar-refractivity contribution is -0.385. The van der Waals surface area contributed by atoms with Crippen LogP contribution >= 0.6 is 0 Å². The maximum atomic E-state index is 11.8. The molecule has 2 rings (SSSR count). The standard InChI is InChI=1S/C11H10N4O3/c1-14-7-9(15(17)18)11(13-14)10(16)5-4-8-3-2-6-12-8/h2-7,12H,1H3/b5-4+. The van der Waals surface area contributed by atoms with E-state index in [4.69, 9.17) is 0 Å². The van der Waals surface area contributed by atoms with Crippen LogP contribution in [0, 0.1) is 10.1 Å². The summed E-state index contributed by atoms with van der Waals surface area (Å²) in [5.41, 5.74) is 0.283. The van der Waals surface area contributed by atoms with Crippen molar-refractivity contribution in [3.63, 3.8) is 0 Å². The van der Waals surface area contributed by atoms with Crippen molar-refractivity contribution in [1.82, 2.24) is 14.8 Å². The minimum atomic E-state index is -0.622. The Morgan fingerprint density at radius 1 is 1.61 bits per heavy atom. The van der Waals surface area contributed by atoms with Gasteiger partial charge in [-0.3, -0.25) is 19.6 Å². The van der Waals surface area contributed by atoms with Crippen LogP contribution in [0.5, 0.6) is 0 Å². The van der Waals surface area contributed by atoms with Gasteiger partial charge in [-0.2, -0.15) is 5.10 Å². The molecule has 92 valence electrons. The molecule has 2 heterocycles. The third kappa shape index (κ3) is 2.34. The summed E-state index contributed by atoms with van der Waals surface area (Å²) in [7, 11) is 1.53. The van der Waals surface area contributed by atoms with Gasteiger partial charge in [0.15, 0.2) is 0 Å². The number of nitrogens with one attached hydrogen (secondary N) is 1. The molecule has 7 heteroatoms. The van der Waals surface area contributed by atoms with Crippen LogP contribution in [-0.2, 0) is 7.05 Å². The van der Waals surface area contributed by atoms with E-state index in [1.807, 2.05) is 0 Å². The van der Waals surface area contributed by atoms with Crippen LogP contribution in [-0.4, -0.2) is 25.5 Å². The molecule has 0 radical (unpaired) electrons. The lowest BCUT2D eigenvalue weighted by atomic mass is 10.2. The number of nitro groups is 1. The predicted octanol–water partition coefficient (Wildman–Crippen LogP) is 1.55. The third-order valence-corrected chi connectivity index (χ3v) is 2.28. The first-order chi connectivity index (χ1) is 8.58. The first kappa shape index (κ1) is 11.8. The molecule has 0 saturated heterocycles.